The summed E-state index contributed by atoms with van der Waals surface area (Å²) in [7, 11) is 0. The number of para-hydroxylation sites is 2. The molecule has 2 aromatic heterocycles. The lowest BCUT2D eigenvalue weighted by Gasteiger charge is -2.37. The van der Waals surface area contributed by atoms with Crippen molar-refractivity contribution in [2.24, 2.45) is 0 Å². The average Bonchev–Trinajstić information content (AvgIpc) is 3.26. The van der Waals surface area contributed by atoms with Crippen LogP contribution in [0.2, 0.25) is 0 Å². The van der Waals surface area contributed by atoms with Gasteiger partial charge in [-0.15, -0.1) is 0 Å². The van der Waals surface area contributed by atoms with Crippen LogP contribution in [0.25, 0.3) is 16.0 Å². The zero-order chi connectivity index (χ0) is 17.7. The van der Waals surface area contributed by atoms with Crippen molar-refractivity contribution in [1.29, 1.82) is 0 Å². The molecule has 0 bridgehead atoms. The number of imidazole rings is 1. The van der Waals surface area contributed by atoms with Gasteiger partial charge in [0, 0.05) is 32.0 Å². The first-order valence-corrected chi connectivity index (χ1v) is 9.45. The van der Waals surface area contributed by atoms with Gasteiger partial charge in [0.2, 0.25) is 0 Å². The van der Waals surface area contributed by atoms with E-state index in [2.05, 4.69) is 4.98 Å². The first kappa shape index (κ1) is 15.9. The average molecular weight is 371 g/mol. The van der Waals surface area contributed by atoms with Gasteiger partial charge in [-0.2, -0.15) is 0 Å². The Labute approximate surface area is 152 Å². The molecule has 2 saturated heterocycles. The molecule has 1 aromatic carbocycles. The molecule has 1 spiro atoms. The van der Waals surface area contributed by atoms with E-state index in [9.17, 15) is 9.59 Å². The summed E-state index contributed by atoms with van der Waals surface area (Å²) in [5.74, 6) is -0.649. The molecule has 2 aliphatic heterocycles. The molecule has 0 unspecified atom stereocenters. The molecule has 7 nitrogen and oxygen atoms in total. The first-order chi connectivity index (χ1) is 12.7. The molecule has 0 aliphatic carbocycles. The third kappa shape index (κ3) is 2.45. The smallest absolute Gasteiger partial charge is 0.264 e. The van der Waals surface area contributed by atoms with Gasteiger partial charge in [0.1, 0.15) is 4.88 Å². The number of amides is 1. The van der Waals surface area contributed by atoms with Crippen LogP contribution in [0.4, 0.5) is 0 Å². The van der Waals surface area contributed by atoms with Crippen molar-refractivity contribution in [3.63, 3.8) is 0 Å². The highest BCUT2D eigenvalue weighted by atomic mass is 32.1. The number of aromatic nitrogens is 2. The Bertz CT molecular complexity index is 1060. The molecule has 4 heterocycles. The maximum absolute atomic E-state index is 12.9. The number of piperidine rings is 1. The minimum absolute atomic E-state index is 0.130. The Balaban J connectivity index is 1.46. The quantitative estimate of drug-likeness (QED) is 0.653. The molecule has 0 N–H and O–H groups in total. The van der Waals surface area contributed by atoms with E-state index in [4.69, 9.17) is 9.47 Å². The van der Waals surface area contributed by atoms with Crippen molar-refractivity contribution in [1.82, 2.24) is 14.3 Å². The van der Waals surface area contributed by atoms with Gasteiger partial charge in [-0.1, -0.05) is 23.5 Å². The topological polar surface area (TPSA) is 73.1 Å². The lowest BCUT2D eigenvalue weighted by molar-refractivity contribution is -0.181. The molecule has 1 amide bonds. The van der Waals surface area contributed by atoms with Crippen LogP contribution in [-0.4, -0.2) is 52.3 Å². The Morgan fingerprint density at radius 1 is 1.15 bits per heavy atom. The second-order valence-electron chi connectivity index (χ2n) is 6.57. The Kier molecular flexibility index (Phi) is 3.59. The van der Waals surface area contributed by atoms with Crippen LogP contribution in [0.5, 0.6) is 0 Å². The van der Waals surface area contributed by atoms with Crippen LogP contribution in [0.3, 0.4) is 0 Å². The molecular weight excluding hydrogens is 354 g/mol. The van der Waals surface area contributed by atoms with Crippen molar-refractivity contribution in [3.8, 4) is 0 Å². The Hall–Kier alpha value is -2.29. The highest BCUT2D eigenvalue weighted by molar-refractivity contribution is 7.18. The van der Waals surface area contributed by atoms with E-state index in [-0.39, 0.29) is 11.5 Å². The molecule has 26 heavy (non-hydrogen) atoms. The van der Waals surface area contributed by atoms with Gasteiger partial charge in [-0.3, -0.25) is 14.0 Å². The van der Waals surface area contributed by atoms with E-state index in [1.165, 1.54) is 17.4 Å². The summed E-state index contributed by atoms with van der Waals surface area (Å²) in [5, 5.41) is 0. The minimum Gasteiger partial charge on any atom is -0.347 e. The highest BCUT2D eigenvalue weighted by Crippen LogP contribution is 2.32. The summed E-state index contributed by atoms with van der Waals surface area (Å²) in [6, 6.07) is 8.89. The Morgan fingerprint density at radius 2 is 1.88 bits per heavy atom. The number of rotatable bonds is 1. The fraction of sp³-hybridized carbons (Fsp3) is 0.389. The number of fused-ring (bicyclic) bond motifs is 3. The zero-order valence-corrected chi connectivity index (χ0v) is 14.8. The van der Waals surface area contributed by atoms with Gasteiger partial charge in [-0.25, -0.2) is 4.98 Å². The van der Waals surface area contributed by atoms with Gasteiger partial charge in [0.25, 0.3) is 11.5 Å². The number of nitrogens with zero attached hydrogens (tertiary/aromatic N) is 3. The third-order valence-corrected chi connectivity index (χ3v) is 6.01. The molecular formula is C18H17N3O4S. The summed E-state index contributed by atoms with van der Waals surface area (Å²) in [6.45, 7) is 2.34. The van der Waals surface area contributed by atoms with E-state index in [0.717, 1.165) is 11.0 Å². The SMILES string of the molecule is O=C(c1cc(=O)n2c(nc3ccccc32)s1)N1CCC2(CC1)OCCO2. The van der Waals surface area contributed by atoms with Crippen LogP contribution in [-0.2, 0) is 9.47 Å². The van der Waals surface area contributed by atoms with Gasteiger partial charge >= 0.3 is 0 Å². The van der Waals surface area contributed by atoms with Gasteiger partial charge in [0.05, 0.1) is 24.2 Å². The molecule has 134 valence electrons. The van der Waals surface area contributed by atoms with Gasteiger partial charge in [0.15, 0.2) is 10.7 Å². The molecule has 0 saturated carbocycles. The largest absolute Gasteiger partial charge is 0.347 e. The lowest BCUT2D eigenvalue weighted by atomic mass is 10.0. The second-order valence-corrected chi connectivity index (χ2v) is 7.58. The fourth-order valence-electron chi connectivity index (χ4n) is 3.69. The number of hydrogen-bond donors (Lipinski definition) is 0. The van der Waals surface area contributed by atoms with E-state index >= 15 is 0 Å². The zero-order valence-electron chi connectivity index (χ0n) is 14.0. The molecule has 0 radical (unpaired) electrons. The predicted octanol–water partition coefficient (Wildman–Crippen LogP) is 1.89. The number of carbonyl (C=O) groups excluding carboxylic acids is 1. The van der Waals surface area contributed by atoms with Gasteiger partial charge in [-0.05, 0) is 12.1 Å². The van der Waals surface area contributed by atoms with Crippen LogP contribution in [0.15, 0.2) is 35.1 Å². The van der Waals surface area contributed by atoms with Crippen LogP contribution < -0.4 is 5.56 Å². The molecule has 0 atom stereocenters. The van der Waals surface area contributed by atoms with E-state index < -0.39 is 5.79 Å². The lowest BCUT2D eigenvalue weighted by Crippen LogP contribution is -2.47. The minimum atomic E-state index is -0.519. The second kappa shape index (κ2) is 5.87. The van der Waals surface area contributed by atoms with E-state index in [1.54, 1.807) is 9.30 Å². The monoisotopic (exact) mass is 371 g/mol. The number of benzene rings is 1. The number of ether oxygens (including phenoxy) is 2. The van der Waals surface area contributed by atoms with Crippen molar-refractivity contribution in [2.75, 3.05) is 26.3 Å². The first-order valence-electron chi connectivity index (χ1n) is 8.64. The van der Waals surface area contributed by atoms with Crippen molar-refractivity contribution in [2.45, 2.75) is 18.6 Å². The van der Waals surface area contributed by atoms with Crippen molar-refractivity contribution < 1.29 is 14.3 Å². The predicted molar refractivity (Wildman–Crippen MR) is 96.6 cm³/mol. The number of hydrogen-bond acceptors (Lipinski definition) is 6. The number of likely N-dealkylation sites (tertiary alicyclic amines) is 1. The Morgan fingerprint density at radius 3 is 2.65 bits per heavy atom. The standard InChI is InChI=1S/C18H17N3O4S/c22-15-11-14(26-17-19-12-3-1-2-4-13(12)21(15)17)16(23)20-7-5-18(6-8-20)24-9-10-25-18/h1-4,11H,5-10H2. The molecule has 3 aromatic rings. The number of carbonyl (C=O) groups is 1. The highest BCUT2D eigenvalue weighted by Gasteiger charge is 2.41. The van der Waals surface area contributed by atoms with Gasteiger partial charge < -0.3 is 14.4 Å². The van der Waals surface area contributed by atoms with Crippen molar-refractivity contribution in [3.05, 3.63) is 45.6 Å². The van der Waals surface area contributed by atoms with Crippen LogP contribution in [0, 0.1) is 0 Å². The summed E-state index contributed by atoms with van der Waals surface area (Å²) in [5.41, 5.74) is 1.28. The third-order valence-electron chi connectivity index (χ3n) is 5.04. The van der Waals surface area contributed by atoms with Crippen molar-refractivity contribution >= 4 is 33.2 Å². The molecule has 2 aliphatic rings. The fourth-order valence-corrected chi connectivity index (χ4v) is 4.68. The summed E-state index contributed by atoms with van der Waals surface area (Å²) >= 11 is 1.25. The maximum Gasteiger partial charge on any atom is 0.264 e. The normalized spacial score (nSPS) is 19.6. The molecule has 5 rings (SSSR count). The summed E-state index contributed by atoms with van der Waals surface area (Å²) in [6.07, 6.45) is 1.31. The summed E-state index contributed by atoms with van der Waals surface area (Å²) < 4.78 is 13.0. The summed E-state index contributed by atoms with van der Waals surface area (Å²) in [4.78, 5) is 32.7. The van der Waals surface area contributed by atoms with E-state index in [0.29, 0.717) is 49.0 Å². The molecule has 8 heteroatoms. The van der Waals surface area contributed by atoms with Crippen LogP contribution in [0.1, 0.15) is 22.5 Å². The maximum atomic E-state index is 12.9. The van der Waals surface area contributed by atoms with Crippen LogP contribution >= 0.6 is 11.3 Å². The van der Waals surface area contributed by atoms with E-state index in [1.807, 2.05) is 24.3 Å². The molecule has 2 fully saturated rings.